The van der Waals surface area contributed by atoms with Crippen molar-refractivity contribution in [1.29, 1.82) is 0 Å². The third-order valence-corrected chi connectivity index (χ3v) is 6.01. The van der Waals surface area contributed by atoms with E-state index in [2.05, 4.69) is 17.7 Å². The van der Waals surface area contributed by atoms with Crippen LogP contribution >= 0.6 is 0 Å². The smallest absolute Gasteiger partial charge is 0.337 e. The topological polar surface area (TPSA) is 40.5 Å². The van der Waals surface area contributed by atoms with Crippen LogP contribution in [-0.2, 0) is 29.4 Å². The summed E-state index contributed by atoms with van der Waals surface area (Å²) in [4.78, 5) is 11.9. The normalized spacial score (nSPS) is 21.7. The van der Waals surface area contributed by atoms with Gasteiger partial charge in [-0.15, -0.1) is 0 Å². The molecule has 1 aliphatic carbocycles. The number of hydrogen-bond acceptors (Lipinski definition) is 3. The van der Waals surface area contributed by atoms with E-state index in [9.17, 15) is 4.79 Å². The van der Waals surface area contributed by atoms with Gasteiger partial charge in [-0.3, -0.25) is 0 Å². The van der Waals surface area contributed by atoms with E-state index in [0.717, 1.165) is 37.9 Å². The lowest BCUT2D eigenvalue weighted by Crippen LogP contribution is -2.28. The molecule has 2 aromatic rings. The number of nitrogens with zero attached hydrogens (tertiary/aromatic N) is 1. The molecule has 0 unspecified atom stereocenters. The van der Waals surface area contributed by atoms with Crippen molar-refractivity contribution in [2.75, 3.05) is 20.3 Å². The standard InChI is InChI=1S/C20H25NO3/c1-21-18-5-3-14(13-7-9-24-10-8-13)11-16(18)17-12-15(20(22)23-2)4-6-19(17)21/h4,6,12-14H,3,5,7-11H2,1-2H3/t14-/m0/s1. The predicted molar refractivity (Wildman–Crippen MR) is 93.3 cm³/mol. The lowest BCUT2D eigenvalue weighted by atomic mass is 9.75. The number of esters is 1. The molecule has 2 heterocycles. The molecule has 0 amide bonds. The molecule has 4 rings (SSSR count). The lowest BCUT2D eigenvalue weighted by molar-refractivity contribution is 0.0439. The van der Waals surface area contributed by atoms with Crippen LogP contribution < -0.4 is 0 Å². The van der Waals surface area contributed by atoms with Crippen LogP contribution in [0.4, 0.5) is 0 Å². The number of benzene rings is 1. The summed E-state index contributed by atoms with van der Waals surface area (Å²) < 4.78 is 12.7. The van der Waals surface area contributed by atoms with Crippen LogP contribution in [0, 0.1) is 11.8 Å². The van der Waals surface area contributed by atoms with E-state index in [4.69, 9.17) is 9.47 Å². The molecule has 1 aliphatic heterocycles. The third-order valence-electron chi connectivity index (χ3n) is 6.01. The van der Waals surface area contributed by atoms with Gasteiger partial charge < -0.3 is 14.0 Å². The van der Waals surface area contributed by atoms with Gasteiger partial charge >= 0.3 is 5.97 Å². The second-order valence-corrected chi connectivity index (χ2v) is 7.16. The molecule has 0 radical (unpaired) electrons. The van der Waals surface area contributed by atoms with Gasteiger partial charge in [0.25, 0.3) is 0 Å². The third kappa shape index (κ3) is 2.53. The summed E-state index contributed by atoms with van der Waals surface area (Å²) in [5, 5.41) is 1.23. The summed E-state index contributed by atoms with van der Waals surface area (Å²) in [5.41, 5.74) is 4.75. The molecule has 24 heavy (non-hydrogen) atoms. The molecule has 0 saturated carbocycles. The van der Waals surface area contributed by atoms with Crippen LogP contribution in [0.15, 0.2) is 18.2 Å². The summed E-state index contributed by atoms with van der Waals surface area (Å²) >= 11 is 0. The van der Waals surface area contributed by atoms with Crippen molar-refractivity contribution >= 4 is 16.9 Å². The van der Waals surface area contributed by atoms with E-state index in [1.165, 1.54) is 48.5 Å². The summed E-state index contributed by atoms with van der Waals surface area (Å²) in [6.07, 6.45) is 5.92. The number of methoxy groups -OCH3 is 1. The summed E-state index contributed by atoms with van der Waals surface area (Å²) in [7, 11) is 3.59. The van der Waals surface area contributed by atoms with E-state index >= 15 is 0 Å². The molecule has 4 heteroatoms. The minimum absolute atomic E-state index is 0.258. The van der Waals surface area contributed by atoms with Gasteiger partial charge in [-0.2, -0.15) is 0 Å². The minimum Gasteiger partial charge on any atom is -0.465 e. The molecule has 1 saturated heterocycles. The molecule has 128 valence electrons. The zero-order chi connectivity index (χ0) is 16.7. The van der Waals surface area contributed by atoms with Crippen molar-refractivity contribution in [3.8, 4) is 0 Å². The van der Waals surface area contributed by atoms with Gasteiger partial charge in [0.2, 0.25) is 0 Å². The Morgan fingerprint density at radius 3 is 2.75 bits per heavy atom. The number of hydrogen-bond donors (Lipinski definition) is 0. The quantitative estimate of drug-likeness (QED) is 0.793. The fourth-order valence-corrected chi connectivity index (χ4v) is 4.64. The first-order valence-corrected chi connectivity index (χ1v) is 8.95. The molecule has 1 atom stereocenters. The lowest BCUT2D eigenvalue weighted by Gasteiger charge is -2.33. The van der Waals surface area contributed by atoms with Crippen LogP contribution in [-0.4, -0.2) is 30.9 Å². The molecule has 1 aromatic heterocycles. The highest BCUT2D eigenvalue weighted by Gasteiger charge is 2.30. The maximum absolute atomic E-state index is 11.9. The van der Waals surface area contributed by atoms with Crippen LogP contribution in [0.1, 0.15) is 40.9 Å². The van der Waals surface area contributed by atoms with E-state index in [1.54, 1.807) is 0 Å². The highest BCUT2D eigenvalue weighted by atomic mass is 16.5. The molecule has 0 N–H and O–H groups in total. The van der Waals surface area contributed by atoms with E-state index in [1.807, 2.05) is 12.1 Å². The number of aromatic nitrogens is 1. The van der Waals surface area contributed by atoms with Crippen LogP contribution in [0.5, 0.6) is 0 Å². The second kappa shape index (κ2) is 6.25. The molecule has 1 aromatic carbocycles. The number of carbonyl (C=O) groups excluding carboxylic acids is 1. The van der Waals surface area contributed by atoms with Crippen LogP contribution in [0.25, 0.3) is 10.9 Å². The van der Waals surface area contributed by atoms with Gasteiger partial charge in [0, 0.05) is 36.9 Å². The largest absolute Gasteiger partial charge is 0.465 e. The summed E-state index contributed by atoms with van der Waals surface area (Å²) in [6.45, 7) is 1.83. The highest BCUT2D eigenvalue weighted by Crippen LogP contribution is 2.39. The van der Waals surface area contributed by atoms with Gasteiger partial charge in [-0.1, -0.05) is 0 Å². The van der Waals surface area contributed by atoms with Crippen LogP contribution in [0.2, 0.25) is 0 Å². The van der Waals surface area contributed by atoms with Crippen molar-refractivity contribution in [3.63, 3.8) is 0 Å². The predicted octanol–water partition coefficient (Wildman–Crippen LogP) is 3.50. The molecule has 0 bridgehead atoms. The number of carbonyl (C=O) groups is 1. The monoisotopic (exact) mass is 327 g/mol. The van der Waals surface area contributed by atoms with Crippen molar-refractivity contribution < 1.29 is 14.3 Å². The summed E-state index contributed by atoms with van der Waals surface area (Å²) in [6, 6.07) is 5.95. The maximum Gasteiger partial charge on any atom is 0.337 e. The number of fused-ring (bicyclic) bond motifs is 3. The summed E-state index contributed by atoms with van der Waals surface area (Å²) in [5.74, 6) is 1.27. The van der Waals surface area contributed by atoms with E-state index < -0.39 is 0 Å². The Labute approximate surface area is 142 Å². The van der Waals surface area contributed by atoms with Gasteiger partial charge in [-0.25, -0.2) is 4.79 Å². The number of rotatable bonds is 2. The first-order chi connectivity index (χ1) is 11.7. The Balaban J connectivity index is 1.72. The average molecular weight is 327 g/mol. The zero-order valence-corrected chi connectivity index (χ0v) is 14.5. The van der Waals surface area contributed by atoms with E-state index in [-0.39, 0.29) is 5.97 Å². The fraction of sp³-hybridized carbons (Fsp3) is 0.550. The Kier molecular flexibility index (Phi) is 4.09. The minimum atomic E-state index is -0.258. The second-order valence-electron chi connectivity index (χ2n) is 7.16. The Morgan fingerprint density at radius 1 is 1.21 bits per heavy atom. The Hall–Kier alpha value is -1.81. The number of ether oxygens (including phenoxy) is 2. The van der Waals surface area contributed by atoms with Crippen LogP contribution in [0.3, 0.4) is 0 Å². The molecule has 0 spiro atoms. The molecule has 4 nitrogen and oxygen atoms in total. The molecular weight excluding hydrogens is 302 g/mol. The Bertz CT molecular complexity index is 771. The van der Waals surface area contributed by atoms with Crippen molar-refractivity contribution in [2.24, 2.45) is 18.9 Å². The van der Waals surface area contributed by atoms with Gasteiger partial charge in [0.1, 0.15) is 0 Å². The zero-order valence-electron chi connectivity index (χ0n) is 14.5. The fourth-order valence-electron chi connectivity index (χ4n) is 4.64. The SMILES string of the molecule is COC(=O)c1ccc2c(c1)c1c(n2C)CC[C@H](C2CCOCC2)C1. The maximum atomic E-state index is 11.9. The average Bonchev–Trinajstić information content (AvgIpc) is 2.93. The van der Waals surface area contributed by atoms with Gasteiger partial charge in [0.15, 0.2) is 0 Å². The number of aryl methyl sites for hydroxylation is 1. The first-order valence-electron chi connectivity index (χ1n) is 8.95. The van der Waals surface area contributed by atoms with Crippen molar-refractivity contribution in [2.45, 2.75) is 32.1 Å². The first kappa shape index (κ1) is 15.7. The van der Waals surface area contributed by atoms with Gasteiger partial charge in [-0.05, 0) is 67.7 Å². The highest BCUT2D eigenvalue weighted by molar-refractivity contribution is 5.96. The van der Waals surface area contributed by atoms with Gasteiger partial charge in [0.05, 0.1) is 12.7 Å². The molecular formula is C20H25NO3. The van der Waals surface area contributed by atoms with Crippen molar-refractivity contribution in [3.05, 3.63) is 35.0 Å². The van der Waals surface area contributed by atoms with Crippen molar-refractivity contribution in [1.82, 2.24) is 4.57 Å². The Morgan fingerprint density at radius 2 is 2.00 bits per heavy atom. The molecule has 2 aliphatic rings. The molecule has 1 fully saturated rings. The van der Waals surface area contributed by atoms with E-state index in [0.29, 0.717) is 5.56 Å².